The largest absolute Gasteiger partial charge is 0.478 e. The first-order valence-electron chi connectivity index (χ1n) is 6.03. The van der Waals surface area contributed by atoms with E-state index in [-0.39, 0.29) is 27.4 Å². The highest BCUT2D eigenvalue weighted by molar-refractivity contribution is 7.92. The number of halogens is 1. The van der Waals surface area contributed by atoms with Crippen LogP contribution in [-0.2, 0) is 10.0 Å². The van der Waals surface area contributed by atoms with E-state index in [4.69, 9.17) is 16.7 Å². The van der Waals surface area contributed by atoms with Crippen LogP contribution in [0.1, 0.15) is 37.6 Å². The van der Waals surface area contributed by atoms with E-state index >= 15 is 0 Å². The molecule has 0 unspecified atom stereocenters. The Labute approximate surface area is 124 Å². The Balaban J connectivity index is 2.95. The van der Waals surface area contributed by atoms with Gasteiger partial charge in [0.05, 0.1) is 17.0 Å². The van der Waals surface area contributed by atoms with Gasteiger partial charge in [-0.05, 0) is 30.0 Å². The van der Waals surface area contributed by atoms with E-state index in [0.29, 0.717) is 6.42 Å². The van der Waals surface area contributed by atoms with Crippen LogP contribution in [0.5, 0.6) is 0 Å². The molecule has 1 aromatic carbocycles. The third-order valence-corrected chi connectivity index (χ3v) is 4.11. The lowest BCUT2D eigenvalue weighted by Gasteiger charge is -2.18. The van der Waals surface area contributed by atoms with Gasteiger partial charge in [0.1, 0.15) is 0 Å². The molecule has 0 aliphatic rings. The summed E-state index contributed by atoms with van der Waals surface area (Å²) < 4.78 is 26.2. The summed E-state index contributed by atoms with van der Waals surface area (Å²) in [5, 5.41) is 9.29. The molecule has 0 saturated carbocycles. The van der Waals surface area contributed by atoms with Crippen LogP contribution < -0.4 is 4.72 Å². The SMILES string of the molecule is CC(C)(C)CCS(=O)(=O)Nc1ccc(Cl)cc1C(=O)O. The number of aromatic carboxylic acids is 1. The summed E-state index contributed by atoms with van der Waals surface area (Å²) in [5.41, 5.74) is -0.266. The second kappa shape index (κ2) is 6.01. The van der Waals surface area contributed by atoms with Crippen LogP contribution in [0, 0.1) is 5.41 Å². The van der Waals surface area contributed by atoms with Gasteiger partial charge in [-0.1, -0.05) is 32.4 Å². The Morgan fingerprint density at radius 3 is 2.45 bits per heavy atom. The molecule has 0 amide bonds. The number of rotatable bonds is 5. The van der Waals surface area contributed by atoms with Crippen molar-refractivity contribution < 1.29 is 18.3 Å². The average Bonchev–Trinajstić information content (AvgIpc) is 2.28. The molecular weight excluding hydrogens is 302 g/mol. The third-order valence-electron chi connectivity index (χ3n) is 2.60. The van der Waals surface area contributed by atoms with Crippen LogP contribution in [0.15, 0.2) is 18.2 Å². The first-order valence-corrected chi connectivity index (χ1v) is 8.06. The van der Waals surface area contributed by atoms with E-state index in [1.165, 1.54) is 18.2 Å². The molecule has 0 aliphatic heterocycles. The van der Waals surface area contributed by atoms with Crippen LogP contribution in [0.25, 0.3) is 0 Å². The number of benzene rings is 1. The van der Waals surface area contributed by atoms with E-state index in [0.717, 1.165) is 0 Å². The molecule has 5 nitrogen and oxygen atoms in total. The van der Waals surface area contributed by atoms with Crippen molar-refractivity contribution in [3.63, 3.8) is 0 Å². The van der Waals surface area contributed by atoms with Gasteiger partial charge in [0, 0.05) is 5.02 Å². The molecule has 0 radical (unpaired) electrons. The minimum absolute atomic E-state index is 0.0239. The summed E-state index contributed by atoms with van der Waals surface area (Å²) in [7, 11) is -3.59. The van der Waals surface area contributed by atoms with Crippen LogP contribution in [-0.4, -0.2) is 25.2 Å². The molecule has 20 heavy (non-hydrogen) atoms. The zero-order valence-corrected chi connectivity index (χ0v) is 13.2. The molecule has 7 heteroatoms. The standard InChI is InChI=1S/C13H18ClNO4S/c1-13(2,3)6-7-20(18,19)15-11-5-4-9(14)8-10(11)12(16)17/h4-5,8,15H,6-7H2,1-3H3,(H,16,17). The maximum absolute atomic E-state index is 12.0. The molecule has 112 valence electrons. The molecule has 0 aliphatic carbocycles. The number of anilines is 1. The zero-order valence-electron chi connectivity index (χ0n) is 11.6. The number of hydrogen-bond acceptors (Lipinski definition) is 3. The lowest BCUT2D eigenvalue weighted by atomic mass is 9.94. The average molecular weight is 320 g/mol. The van der Waals surface area contributed by atoms with Gasteiger partial charge in [-0.15, -0.1) is 0 Å². The fourth-order valence-corrected chi connectivity index (χ4v) is 3.11. The first-order chi connectivity index (χ1) is 9.00. The van der Waals surface area contributed by atoms with Crippen LogP contribution in [0.4, 0.5) is 5.69 Å². The number of carbonyl (C=O) groups is 1. The number of carboxylic acids is 1. The lowest BCUT2D eigenvalue weighted by molar-refractivity contribution is 0.0698. The predicted octanol–water partition coefficient (Wildman–Crippen LogP) is 3.22. The Bertz CT molecular complexity index is 605. The normalized spacial score (nSPS) is 12.2. The topological polar surface area (TPSA) is 83.5 Å². The van der Waals surface area contributed by atoms with E-state index < -0.39 is 16.0 Å². The van der Waals surface area contributed by atoms with Gasteiger partial charge in [0.2, 0.25) is 10.0 Å². The van der Waals surface area contributed by atoms with Gasteiger partial charge in [0.15, 0.2) is 0 Å². The smallest absolute Gasteiger partial charge is 0.337 e. The fraction of sp³-hybridized carbons (Fsp3) is 0.462. The van der Waals surface area contributed by atoms with Crippen LogP contribution in [0.2, 0.25) is 5.02 Å². The van der Waals surface area contributed by atoms with E-state index in [9.17, 15) is 13.2 Å². The summed E-state index contributed by atoms with van der Waals surface area (Å²) in [6.45, 7) is 5.81. The molecule has 0 aromatic heterocycles. The lowest BCUT2D eigenvalue weighted by Crippen LogP contribution is -2.22. The van der Waals surface area contributed by atoms with Crippen molar-refractivity contribution in [2.24, 2.45) is 5.41 Å². The van der Waals surface area contributed by atoms with Crippen molar-refractivity contribution in [2.75, 3.05) is 10.5 Å². The van der Waals surface area contributed by atoms with Crippen molar-refractivity contribution in [1.29, 1.82) is 0 Å². The van der Waals surface area contributed by atoms with Crippen molar-refractivity contribution in [3.05, 3.63) is 28.8 Å². The van der Waals surface area contributed by atoms with Gasteiger partial charge in [-0.3, -0.25) is 4.72 Å². The maximum atomic E-state index is 12.0. The second-order valence-corrected chi connectivity index (χ2v) is 8.00. The van der Waals surface area contributed by atoms with E-state index in [2.05, 4.69) is 4.72 Å². The maximum Gasteiger partial charge on any atom is 0.337 e. The summed E-state index contributed by atoms with van der Waals surface area (Å²) >= 11 is 5.71. The summed E-state index contributed by atoms with van der Waals surface area (Å²) in [6, 6.07) is 4.00. The van der Waals surface area contributed by atoms with Crippen LogP contribution in [0.3, 0.4) is 0 Å². The number of hydrogen-bond donors (Lipinski definition) is 2. The fourth-order valence-electron chi connectivity index (χ4n) is 1.44. The molecule has 1 aromatic rings. The van der Waals surface area contributed by atoms with E-state index in [1.807, 2.05) is 20.8 Å². The molecule has 0 saturated heterocycles. The Kier molecular flexibility index (Phi) is 5.05. The highest BCUT2D eigenvalue weighted by Gasteiger charge is 2.20. The monoisotopic (exact) mass is 319 g/mol. The number of sulfonamides is 1. The molecule has 0 bridgehead atoms. The molecule has 0 spiro atoms. The summed E-state index contributed by atoms with van der Waals surface area (Å²) in [6.07, 6.45) is 0.471. The Hall–Kier alpha value is -1.27. The minimum Gasteiger partial charge on any atom is -0.478 e. The van der Waals surface area contributed by atoms with Crippen molar-refractivity contribution in [3.8, 4) is 0 Å². The quantitative estimate of drug-likeness (QED) is 0.872. The predicted molar refractivity (Wildman–Crippen MR) is 79.9 cm³/mol. The van der Waals surface area contributed by atoms with Gasteiger partial charge >= 0.3 is 5.97 Å². The zero-order chi connectivity index (χ0) is 15.6. The van der Waals surface area contributed by atoms with E-state index in [1.54, 1.807) is 0 Å². The third kappa shape index (κ3) is 5.38. The molecular formula is C13H18ClNO4S. The van der Waals surface area contributed by atoms with Gasteiger partial charge < -0.3 is 5.11 Å². The van der Waals surface area contributed by atoms with Crippen molar-refractivity contribution >= 4 is 33.3 Å². The van der Waals surface area contributed by atoms with Crippen molar-refractivity contribution in [2.45, 2.75) is 27.2 Å². The highest BCUT2D eigenvalue weighted by Crippen LogP contribution is 2.24. The van der Waals surface area contributed by atoms with Crippen LogP contribution >= 0.6 is 11.6 Å². The highest BCUT2D eigenvalue weighted by atomic mass is 35.5. The minimum atomic E-state index is -3.59. The van der Waals surface area contributed by atoms with Crippen molar-refractivity contribution in [1.82, 2.24) is 0 Å². The second-order valence-electron chi connectivity index (χ2n) is 5.73. The van der Waals surface area contributed by atoms with Gasteiger partial charge in [-0.2, -0.15) is 0 Å². The van der Waals surface area contributed by atoms with Gasteiger partial charge in [0.25, 0.3) is 0 Å². The molecule has 0 atom stereocenters. The number of nitrogens with one attached hydrogen (secondary N) is 1. The first kappa shape index (κ1) is 16.8. The molecule has 0 fully saturated rings. The molecule has 2 N–H and O–H groups in total. The molecule has 0 heterocycles. The summed E-state index contributed by atoms with van der Waals surface area (Å²) in [5.74, 6) is -1.31. The Morgan fingerprint density at radius 2 is 1.95 bits per heavy atom. The Morgan fingerprint density at radius 1 is 1.35 bits per heavy atom. The summed E-state index contributed by atoms with van der Waals surface area (Å²) in [4.78, 5) is 11.1. The molecule has 1 rings (SSSR count). The number of carboxylic acid groups (broad SMARTS) is 1. The van der Waals surface area contributed by atoms with Gasteiger partial charge in [-0.25, -0.2) is 13.2 Å².